The SMILES string of the molecule is CC(=O)C(C)Cc1cccc(F)c1Br. The summed E-state index contributed by atoms with van der Waals surface area (Å²) in [6, 6.07) is 4.88. The molecule has 0 saturated carbocycles. The van der Waals surface area contributed by atoms with Gasteiger partial charge in [0.2, 0.25) is 0 Å². The van der Waals surface area contributed by atoms with E-state index in [1.807, 2.05) is 13.0 Å². The lowest BCUT2D eigenvalue weighted by Crippen LogP contribution is -2.10. The highest BCUT2D eigenvalue weighted by atomic mass is 79.9. The largest absolute Gasteiger partial charge is 0.300 e. The van der Waals surface area contributed by atoms with Gasteiger partial charge in [-0.05, 0) is 40.9 Å². The number of benzene rings is 1. The maximum atomic E-state index is 13.1. The van der Waals surface area contributed by atoms with Crippen molar-refractivity contribution in [2.45, 2.75) is 20.3 Å². The first-order valence-corrected chi connectivity index (χ1v) is 5.25. The van der Waals surface area contributed by atoms with Gasteiger partial charge < -0.3 is 0 Å². The molecular weight excluding hydrogens is 247 g/mol. The van der Waals surface area contributed by atoms with E-state index in [0.29, 0.717) is 10.9 Å². The fourth-order valence-electron chi connectivity index (χ4n) is 1.18. The zero-order chi connectivity index (χ0) is 10.7. The fourth-order valence-corrected chi connectivity index (χ4v) is 1.61. The van der Waals surface area contributed by atoms with Crippen molar-refractivity contribution in [3.63, 3.8) is 0 Å². The zero-order valence-corrected chi connectivity index (χ0v) is 9.77. The highest BCUT2D eigenvalue weighted by molar-refractivity contribution is 9.10. The zero-order valence-electron chi connectivity index (χ0n) is 8.18. The summed E-state index contributed by atoms with van der Waals surface area (Å²) >= 11 is 3.17. The van der Waals surface area contributed by atoms with Gasteiger partial charge in [-0.1, -0.05) is 19.1 Å². The summed E-state index contributed by atoms with van der Waals surface area (Å²) in [4.78, 5) is 11.0. The second-order valence-electron chi connectivity index (χ2n) is 3.43. The van der Waals surface area contributed by atoms with Crippen molar-refractivity contribution in [1.82, 2.24) is 0 Å². The number of hydrogen-bond acceptors (Lipinski definition) is 1. The molecule has 1 aromatic rings. The van der Waals surface area contributed by atoms with E-state index >= 15 is 0 Å². The third-order valence-electron chi connectivity index (χ3n) is 2.25. The molecule has 0 amide bonds. The van der Waals surface area contributed by atoms with Crippen molar-refractivity contribution in [3.05, 3.63) is 34.1 Å². The van der Waals surface area contributed by atoms with Crippen molar-refractivity contribution in [1.29, 1.82) is 0 Å². The van der Waals surface area contributed by atoms with Crippen molar-refractivity contribution in [3.8, 4) is 0 Å². The minimum absolute atomic E-state index is 0.0619. The minimum Gasteiger partial charge on any atom is -0.300 e. The molecule has 0 saturated heterocycles. The average molecular weight is 259 g/mol. The topological polar surface area (TPSA) is 17.1 Å². The molecule has 0 N–H and O–H groups in total. The number of ketones is 1. The van der Waals surface area contributed by atoms with Gasteiger partial charge in [-0.3, -0.25) is 4.79 Å². The van der Waals surface area contributed by atoms with Crippen LogP contribution in [0.5, 0.6) is 0 Å². The Bertz CT molecular complexity index is 349. The molecule has 0 radical (unpaired) electrons. The Kier molecular flexibility index (Phi) is 3.81. The van der Waals surface area contributed by atoms with Gasteiger partial charge in [0, 0.05) is 5.92 Å². The summed E-state index contributed by atoms with van der Waals surface area (Å²) in [5.74, 6) is -0.215. The van der Waals surface area contributed by atoms with E-state index in [4.69, 9.17) is 0 Å². The van der Waals surface area contributed by atoms with Crippen molar-refractivity contribution in [2.75, 3.05) is 0 Å². The van der Waals surface area contributed by atoms with E-state index in [9.17, 15) is 9.18 Å². The van der Waals surface area contributed by atoms with E-state index in [-0.39, 0.29) is 17.5 Å². The van der Waals surface area contributed by atoms with Gasteiger partial charge >= 0.3 is 0 Å². The van der Waals surface area contributed by atoms with Crippen LogP contribution in [0.25, 0.3) is 0 Å². The van der Waals surface area contributed by atoms with Gasteiger partial charge in [0.15, 0.2) is 0 Å². The Morgan fingerprint density at radius 2 is 2.21 bits per heavy atom. The Hall–Kier alpha value is -0.700. The normalized spacial score (nSPS) is 12.6. The lowest BCUT2D eigenvalue weighted by molar-refractivity contribution is -0.120. The number of carbonyl (C=O) groups is 1. The third kappa shape index (κ3) is 2.64. The van der Waals surface area contributed by atoms with Crippen LogP contribution in [-0.2, 0) is 11.2 Å². The summed E-state index contributed by atoms with van der Waals surface area (Å²) in [5.41, 5.74) is 0.840. The van der Waals surface area contributed by atoms with Crippen molar-refractivity contribution < 1.29 is 9.18 Å². The Morgan fingerprint density at radius 1 is 1.57 bits per heavy atom. The van der Waals surface area contributed by atoms with Crippen LogP contribution in [0.15, 0.2) is 22.7 Å². The third-order valence-corrected chi connectivity index (χ3v) is 3.14. The predicted octanol–water partition coefficient (Wildman–Crippen LogP) is 3.36. The molecule has 1 unspecified atom stereocenters. The predicted molar refractivity (Wildman–Crippen MR) is 57.6 cm³/mol. The summed E-state index contributed by atoms with van der Waals surface area (Å²) < 4.78 is 13.6. The summed E-state index contributed by atoms with van der Waals surface area (Å²) in [5, 5.41) is 0. The lowest BCUT2D eigenvalue weighted by atomic mass is 9.98. The molecule has 0 spiro atoms. The fraction of sp³-hybridized carbons (Fsp3) is 0.364. The van der Waals surface area contributed by atoms with E-state index in [1.54, 1.807) is 13.0 Å². The summed E-state index contributed by atoms with van der Waals surface area (Å²) in [6.07, 6.45) is 0.577. The van der Waals surface area contributed by atoms with Crippen LogP contribution < -0.4 is 0 Å². The number of hydrogen-bond donors (Lipinski definition) is 0. The summed E-state index contributed by atoms with van der Waals surface area (Å²) in [7, 11) is 0. The van der Waals surface area contributed by atoms with E-state index in [1.165, 1.54) is 6.07 Å². The van der Waals surface area contributed by atoms with Gasteiger partial charge in [-0.25, -0.2) is 4.39 Å². The monoisotopic (exact) mass is 258 g/mol. The molecule has 0 aliphatic heterocycles. The molecule has 1 aromatic carbocycles. The van der Waals surface area contributed by atoms with Gasteiger partial charge in [0.1, 0.15) is 11.6 Å². The van der Waals surface area contributed by atoms with Crippen LogP contribution in [0.2, 0.25) is 0 Å². The van der Waals surface area contributed by atoms with Crippen LogP contribution in [0, 0.1) is 11.7 Å². The van der Waals surface area contributed by atoms with E-state index < -0.39 is 0 Å². The van der Waals surface area contributed by atoms with Gasteiger partial charge in [0.05, 0.1) is 4.47 Å². The second kappa shape index (κ2) is 4.69. The molecule has 0 bridgehead atoms. The van der Waals surface area contributed by atoms with Crippen LogP contribution in [-0.4, -0.2) is 5.78 Å². The molecule has 3 heteroatoms. The number of halogens is 2. The summed E-state index contributed by atoms with van der Waals surface area (Å²) in [6.45, 7) is 3.40. The number of carbonyl (C=O) groups excluding carboxylic acids is 1. The maximum Gasteiger partial charge on any atom is 0.137 e. The van der Waals surface area contributed by atoms with Gasteiger partial charge in [-0.15, -0.1) is 0 Å². The average Bonchev–Trinajstić information content (AvgIpc) is 2.12. The number of Topliss-reactive ketones (excluding diaryl/α,β-unsaturated/α-hetero) is 1. The number of rotatable bonds is 3. The Balaban J connectivity index is 2.87. The Labute approximate surface area is 91.5 Å². The van der Waals surface area contributed by atoms with E-state index in [2.05, 4.69) is 15.9 Å². The highest BCUT2D eigenvalue weighted by Gasteiger charge is 2.12. The van der Waals surface area contributed by atoms with Crippen LogP contribution in [0.4, 0.5) is 4.39 Å². The van der Waals surface area contributed by atoms with Crippen LogP contribution >= 0.6 is 15.9 Å². The first-order chi connectivity index (χ1) is 6.52. The molecule has 0 fully saturated rings. The van der Waals surface area contributed by atoms with Gasteiger partial charge in [-0.2, -0.15) is 0 Å². The Morgan fingerprint density at radius 3 is 2.79 bits per heavy atom. The second-order valence-corrected chi connectivity index (χ2v) is 4.22. The molecule has 1 nitrogen and oxygen atoms in total. The first kappa shape index (κ1) is 11.4. The quantitative estimate of drug-likeness (QED) is 0.813. The lowest BCUT2D eigenvalue weighted by Gasteiger charge is -2.09. The van der Waals surface area contributed by atoms with E-state index in [0.717, 1.165) is 5.56 Å². The maximum absolute atomic E-state index is 13.1. The highest BCUT2D eigenvalue weighted by Crippen LogP contribution is 2.23. The molecular formula is C11H12BrFO. The molecule has 14 heavy (non-hydrogen) atoms. The molecule has 76 valence electrons. The van der Waals surface area contributed by atoms with Crippen LogP contribution in [0.3, 0.4) is 0 Å². The molecule has 0 aliphatic carbocycles. The molecule has 1 rings (SSSR count). The van der Waals surface area contributed by atoms with Crippen LogP contribution in [0.1, 0.15) is 19.4 Å². The van der Waals surface area contributed by atoms with Crippen molar-refractivity contribution in [2.24, 2.45) is 5.92 Å². The molecule has 1 atom stereocenters. The van der Waals surface area contributed by atoms with Crippen molar-refractivity contribution >= 4 is 21.7 Å². The molecule has 0 heterocycles. The molecule has 0 aliphatic rings. The first-order valence-electron chi connectivity index (χ1n) is 4.45. The smallest absolute Gasteiger partial charge is 0.137 e. The standard InChI is InChI=1S/C11H12BrFO/c1-7(8(2)14)6-9-4-3-5-10(13)11(9)12/h3-5,7H,6H2,1-2H3. The molecule has 0 aromatic heterocycles. The van der Waals surface area contributed by atoms with Gasteiger partial charge in [0.25, 0.3) is 0 Å². The minimum atomic E-state index is -0.279.